The zero-order valence-electron chi connectivity index (χ0n) is 12.5. The minimum atomic E-state index is -0.448. The number of carbonyl (C=O) groups excluding carboxylic acids is 1. The van der Waals surface area contributed by atoms with Crippen LogP contribution in [0.25, 0.3) is 32.3 Å². The van der Waals surface area contributed by atoms with E-state index in [2.05, 4.69) is 43.0 Å². The van der Waals surface area contributed by atoms with Crippen molar-refractivity contribution in [2.45, 2.75) is 0 Å². The van der Waals surface area contributed by atoms with Gasteiger partial charge >= 0.3 is 5.97 Å². The number of rotatable bonds is 2. The van der Waals surface area contributed by atoms with E-state index in [0.717, 1.165) is 16.2 Å². The van der Waals surface area contributed by atoms with Gasteiger partial charge in [0.05, 0.1) is 0 Å². The van der Waals surface area contributed by atoms with Gasteiger partial charge in [0, 0.05) is 11.5 Å². The number of hydrogen-bond acceptors (Lipinski definition) is 2. The van der Waals surface area contributed by atoms with Crippen LogP contribution in [-0.2, 0) is 4.79 Å². The van der Waals surface area contributed by atoms with Crippen LogP contribution in [-0.4, -0.2) is 5.97 Å². The normalized spacial score (nSPS) is 11.0. The highest BCUT2D eigenvalue weighted by atomic mass is 16.5. The van der Waals surface area contributed by atoms with Gasteiger partial charge < -0.3 is 4.74 Å². The van der Waals surface area contributed by atoms with E-state index in [1.165, 1.54) is 22.2 Å². The SMILES string of the molecule is C=CC(=O)Oc1cccc2c1ccc1c3ccccc3ccc21. The van der Waals surface area contributed by atoms with E-state index in [9.17, 15) is 4.79 Å². The molecule has 0 heterocycles. The highest BCUT2D eigenvalue weighted by Gasteiger charge is 2.09. The Hall–Kier alpha value is -3.13. The van der Waals surface area contributed by atoms with Crippen LogP contribution in [0.1, 0.15) is 0 Å². The molecule has 0 saturated carbocycles. The maximum Gasteiger partial charge on any atom is 0.335 e. The van der Waals surface area contributed by atoms with Crippen LogP contribution >= 0.6 is 0 Å². The minimum Gasteiger partial charge on any atom is -0.423 e. The first-order chi connectivity index (χ1) is 11.3. The van der Waals surface area contributed by atoms with E-state index < -0.39 is 5.97 Å². The standard InChI is InChI=1S/C21H14O2/c1-2-21(22)23-20-9-5-8-16-18-11-10-14-6-3-4-7-15(14)17(18)12-13-19(16)20/h2-13H,1H2. The van der Waals surface area contributed by atoms with Crippen molar-refractivity contribution in [2.24, 2.45) is 0 Å². The van der Waals surface area contributed by atoms with Gasteiger partial charge in [0.1, 0.15) is 5.75 Å². The minimum absolute atomic E-state index is 0.448. The molecule has 0 aliphatic heterocycles. The summed E-state index contributed by atoms with van der Waals surface area (Å²) < 4.78 is 5.36. The van der Waals surface area contributed by atoms with Gasteiger partial charge in [-0.15, -0.1) is 0 Å². The smallest absolute Gasteiger partial charge is 0.335 e. The maximum atomic E-state index is 11.5. The summed E-state index contributed by atoms with van der Waals surface area (Å²) in [5.74, 6) is 0.110. The lowest BCUT2D eigenvalue weighted by Crippen LogP contribution is -2.03. The fourth-order valence-corrected chi connectivity index (χ4v) is 3.07. The van der Waals surface area contributed by atoms with Crippen LogP contribution in [0.4, 0.5) is 0 Å². The number of fused-ring (bicyclic) bond motifs is 5. The maximum absolute atomic E-state index is 11.5. The van der Waals surface area contributed by atoms with Crippen molar-refractivity contribution in [1.29, 1.82) is 0 Å². The first-order valence-corrected chi connectivity index (χ1v) is 7.45. The van der Waals surface area contributed by atoms with Crippen molar-refractivity contribution >= 4 is 38.3 Å². The molecule has 0 unspecified atom stereocenters. The molecule has 0 N–H and O–H groups in total. The van der Waals surface area contributed by atoms with Crippen molar-refractivity contribution in [3.8, 4) is 5.75 Å². The van der Waals surface area contributed by atoms with Gasteiger partial charge in [-0.25, -0.2) is 4.79 Å². The highest BCUT2D eigenvalue weighted by Crippen LogP contribution is 2.34. The van der Waals surface area contributed by atoms with Crippen LogP contribution in [0, 0.1) is 0 Å². The second-order valence-corrected chi connectivity index (χ2v) is 5.42. The number of benzene rings is 4. The molecule has 0 aliphatic rings. The van der Waals surface area contributed by atoms with Crippen molar-refractivity contribution in [2.75, 3.05) is 0 Å². The topological polar surface area (TPSA) is 26.3 Å². The molecular weight excluding hydrogens is 284 g/mol. The number of ether oxygens (including phenoxy) is 1. The number of esters is 1. The first kappa shape index (κ1) is 13.5. The van der Waals surface area contributed by atoms with Gasteiger partial charge in [-0.3, -0.25) is 0 Å². The van der Waals surface area contributed by atoms with Gasteiger partial charge in [0.15, 0.2) is 0 Å². The summed E-state index contributed by atoms with van der Waals surface area (Å²) in [4.78, 5) is 11.5. The van der Waals surface area contributed by atoms with E-state index in [-0.39, 0.29) is 0 Å². The quantitative estimate of drug-likeness (QED) is 0.219. The second kappa shape index (κ2) is 5.25. The Kier molecular flexibility index (Phi) is 3.09. The lowest BCUT2D eigenvalue weighted by atomic mass is 9.97. The molecule has 0 saturated heterocycles. The molecule has 4 aromatic carbocycles. The summed E-state index contributed by atoms with van der Waals surface area (Å²) >= 11 is 0. The van der Waals surface area contributed by atoms with Crippen molar-refractivity contribution in [1.82, 2.24) is 0 Å². The number of hydrogen-bond donors (Lipinski definition) is 0. The summed E-state index contributed by atoms with van der Waals surface area (Å²) in [6, 6.07) is 22.4. The Morgan fingerprint density at radius 2 is 1.39 bits per heavy atom. The molecule has 23 heavy (non-hydrogen) atoms. The van der Waals surface area contributed by atoms with Crippen LogP contribution in [0.2, 0.25) is 0 Å². The molecule has 2 heteroatoms. The van der Waals surface area contributed by atoms with Crippen molar-refractivity contribution in [3.05, 3.63) is 79.4 Å². The third-order valence-electron chi connectivity index (χ3n) is 4.12. The predicted octanol–water partition coefficient (Wildman–Crippen LogP) is 5.24. The molecule has 0 spiro atoms. The van der Waals surface area contributed by atoms with Gasteiger partial charge in [0.2, 0.25) is 0 Å². The molecule has 0 bridgehead atoms. The summed E-state index contributed by atoms with van der Waals surface area (Å²) in [5.41, 5.74) is 0. The van der Waals surface area contributed by atoms with Gasteiger partial charge in [-0.2, -0.15) is 0 Å². The van der Waals surface area contributed by atoms with Crippen LogP contribution in [0.5, 0.6) is 5.75 Å². The molecule has 0 amide bonds. The summed E-state index contributed by atoms with van der Waals surface area (Å²) in [6.07, 6.45) is 1.17. The van der Waals surface area contributed by atoms with Crippen LogP contribution in [0.3, 0.4) is 0 Å². The first-order valence-electron chi connectivity index (χ1n) is 7.45. The third kappa shape index (κ3) is 2.16. The van der Waals surface area contributed by atoms with Crippen LogP contribution in [0.15, 0.2) is 79.4 Å². The molecule has 0 aromatic heterocycles. The van der Waals surface area contributed by atoms with E-state index >= 15 is 0 Å². The average Bonchev–Trinajstić information content (AvgIpc) is 2.61. The Morgan fingerprint density at radius 3 is 2.26 bits per heavy atom. The van der Waals surface area contributed by atoms with Gasteiger partial charge in [0.25, 0.3) is 0 Å². The van der Waals surface area contributed by atoms with E-state index in [0.29, 0.717) is 5.75 Å². The lowest BCUT2D eigenvalue weighted by Gasteiger charge is -2.10. The predicted molar refractivity (Wildman–Crippen MR) is 94.8 cm³/mol. The molecule has 0 aliphatic carbocycles. The van der Waals surface area contributed by atoms with Crippen LogP contribution < -0.4 is 4.74 Å². The molecule has 4 rings (SSSR count). The molecule has 0 fully saturated rings. The monoisotopic (exact) mass is 298 g/mol. The second-order valence-electron chi connectivity index (χ2n) is 5.42. The zero-order chi connectivity index (χ0) is 15.8. The van der Waals surface area contributed by atoms with E-state index in [1.807, 2.05) is 24.3 Å². The average molecular weight is 298 g/mol. The fraction of sp³-hybridized carbons (Fsp3) is 0. The fourth-order valence-electron chi connectivity index (χ4n) is 3.07. The van der Waals surface area contributed by atoms with Gasteiger partial charge in [-0.1, -0.05) is 61.2 Å². The molecule has 110 valence electrons. The van der Waals surface area contributed by atoms with Crippen molar-refractivity contribution in [3.63, 3.8) is 0 Å². The van der Waals surface area contributed by atoms with Crippen molar-refractivity contribution < 1.29 is 9.53 Å². The largest absolute Gasteiger partial charge is 0.423 e. The Balaban J connectivity index is 2.06. The summed E-state index contributed by atoms with van der Waals surface area (Å²) in [5, 5.41) is 6.78. The zero-order valence-corrected chi connectivity index (χ0v) is 12.5. The molecule has 0 atom stereocenters. The van der Waals surface area contributed by atoms with Gasteiger partial charge in [-0.05, 0) is 39.1 Å². The molecule has 2 nitrogen and oxygen atoms in total. The summed E-state index contributed by atoms with van der Waals surface area (Å²) in [6.45, 7) is 3.45. The highest BCUT2D eigenvalue weighted by molar-refractivity contribution is 6.18. The molecule has 4 aromatic rings. The Morgan fingerprint density at radius 1 is 0.739 bits per heavy atom. The molecular formula is C21H14O2. The summed E-state index contributed by atoms with van der Waals surface area (Å²) in [7, 11) is 0. The third-order valence-corrected chi connectivity index (χ3v) is 4.12. The molecule has 0 radical (unpaired) electrons. The Bertz CT molecular complexity index is 1080. The number of carbonyl (C=O) groups is 1. The van der Waals surface area contributed by atoms with E-state index in [1.54, 1.807) is 6.07 Å². The van der Waals surface area contributed by atoms with E-state index in [4.69, 9.17) is 4.74 Å². The lowest BCUT2D eigenvalue weighted by molar-refractivity contribution is -0.128. The Labute approximate surface area is 133 Å².